The van der Waals surface area contributed by atoms with Gasteiger partial charge in [-0.15, -0.1) is 0 Å². The SMILES string of the molecule is COc1ccc2nc(C)n(CC(=O)N3CCN(C(=O)O)C[C@H]3c3nc(I)c(I)[nH]3)c2c1. The number of H-pyrrole nitrogens is 1. The third-order valence-electron chi connectivity index (χ3n) is 5.36. The predicted molar refractivity (Wildman–Crippen MR) is 129 cm³/mol. The molecule has 1 aromatic carbocycles. The summed E-state index contributed by atoms with van der Waals surface area (Å²) in [6.07, 6.45) is -1.00. The first-order valence-corrected chi connectivity index (χ1v) is 11.6. The Morgan fingerprint density at radius 1 is 1.29 bits per heavy atom. The van der Waals surface area contributed by atoms with Crippen molar-refractivity contribution in [1.82, 2.24) is 29.3 Å². The van der Waals surface area contributed by atoms with E-state index in [1.54, 1.807) is 12.0 Å². The Morgan fingerprint density at radius 3 is 2.71 bits per heavy atom. The average Bonchev–Trinajstić information content (AvgIpc) is 3.25. The van der Waals surface area contributed by atoms with Crippen LogP contribution in [0, 0.1) is 14.3 Å². The van der Waals surface area contributed by atoms with Gasteiger partial charge in [0.15, 0.2) is 0 Å². The number of aromatic nitrogens is 4. The lowest BCUT2D eigenvalue weighted by Gasteiger charge is -2.39. The zero-order valence-corrected chi connectivity index (χ0v) is 21.1. The second-order valence-corrected chi connectivity index (χ2v) is 9.26. The van der Waals surface area contributed by atoms with Crippen LogP contribution in [-0.4, -0.2) is 73.2 Å². The maximum atomic E-state index is 13.4. The van der Waals surface area contributed by atoms with Gasteiger partial charge in [-0.3, -0.25) is 4.79 Å². The molecule has 164 valence electrons. The van der Waals surface area contributed by atoms with Gasteiger partial charge in [-0.2, -0.15) is 0 Å². The van der Waals surface area contributed by atoms with E-state index in [9.17, 15) is 14.7 Å². The summed E-state index contributed by atoms with van der Waals surface area (Å²) in [5.41, 5.74) is 1.60. The van der Waals surface area contributed by atoms with Gasteiger partial charge < -0.3 is 29.2 Å². The van der Waals surface area contributed by atoms with E-state index in [-0.39, 0.29) is 25.5 Å². The summed E-state index contributed by atoms with van der Waals surface area (Å²) in [5.74, 6) is 1.87. The minimum atomic E-state index is -1.00. The van der Waals surface area contributed by atoms with Crippen LogP contribution in [0.4, 0.5) is 4.79 Å². The second kappa shape index (κ2) is 8.80. The van der Waals surface area contributed by atoms with Crippen LogP contribution in [0.5, 0.6) is 5.75 Å². The van der Waals surface area contributed by atoms with Gasteiger partial charge in [0, 0.05) is 19.2 Å². The minimum absolute atomic E-state index is 0.0912. The van der Waals surface area contributed by atoms with Crippen LogP contribution < -0.4 is 4.74 Å². The van der Waals surface area contributed by atoms with Crippen LogP contribution in [0.3, 0.4) is 0 Å². The zero-order valence-electron chi connectivity index (χ0n) is 16.8. The Hall–Kier alpha value is -2.10. The molecule has 1 aliphatic heterocycles. The van der Waals surface area contributed by atoms with Crippen LogP contribution in [0.1, 0.15) is 17.7 Å². The lowest BCUT2D eigenvalue weighted by molar-refractivity contribution is -0.137. The van der Waals surface area contributed by atoms with Gasteiger partial charge in [-0.05, 0) is 64.2 Å². The molecule has 12 heteroatoms. The number of hydrogen-bond acceptors (Lipinski definition) is 5. The van der Waals surface area contributed by atoms with Crippen molar-refractivity contribution >= 4 is 68.2 Å². The van der Waals surface area contributed by atoms with Crippen LogP contribution >= 0.6 is 45.2 Å². The fourth-order valence-corrected chi connectivity index (χ4v) is 4.56. The number of benzene rings is 1. The predicted octanol–water partition coefficient (Wildman–Crippen LogP) is 2.85. The molecular formula is C19H20I2N6O4. The molecule has 0 bridgehead atoms. The molecule has 0 aliphatic carbocycles. The van der Waals surface area contributed by atoms with Crippen molar-refractivity contribution < 1.29 is 19.4 Å². The average molecular weight is 650 g/mol. The van der Waals surface area contributed by atoms with Gasteiger partial charge in [0.05, 0.1) is 24.7 Å². The summed E-state index contributed by atoms with van der Waals surface area (Å²) in [7, 11) is 1.60. The number of carbonyl (C=O) groups excluding carboxylic acids is 1. The first-order valence-electron chi connectivity index (χ1n) is 9.47. The number of imidazole rings is 2. The number of nitrogens with one attached hydrogen (secondary N) is 1. The summed E-state index contributed by atoms with van der Waals surface area (Å²) in [6.45, 7) is 2.66. The maximum Gasteiger partial charge on any atom is 0.407 e. The van der Waals surface area contributed by atoms with Gasteiger partial charge in [-0.1, -0.05) is 0 Å². The van der Waals surface area contributed by atoms with Gasteiger partial charge in [0.25, 0.3) is 0 Å². The Bertz CT molecular complexity index is 1140. The quantitative estimate of drug-likeness (QED) is 0.420. The normalized spacial score (nSPS) is 16.7. The van der Waals surface area contributed by atoms with E-state index in [0.29, 0.717) is 18.1 Å². The number of carboxylic acid groups (broad SMARTS) is 1. The van der Waals surface area contributed by atoms with Gasteiger partial charge in [0.1, 0.15) is 37.4 Å². The molecule has 1 fully saturated rings. The van der Waals surface area contributed by atoms with E-state index in [1.165, 1.54) is 4.90 Å². The standard InChI is InChI=1S/C19H20I2N6O4/c1-10-22-12-4-3-11(31-2)7-13(12)27(10)9-15(28)26-6-5-25(19(29)30)8-14(26)18-23-16(20)17(21)24-18/h3-4,7,14H,5-6,8-9H2,1-2H3,(H,23,24)(H,29,30)/t14-/m0/s1. The number of aryl methyl sites for hydroxylation is 1. The van der Waals surface area contributed by atoms with E-state index >= 15 is 0 Å². The highest BCUT2D eigenvalue weighted by atomic mass is 127. The minimum Gasteiger partial charge on any atom is -0.497 e. The van der Waals surface area contributed by atoms with Crippen molar-refractivity contribution in [3.63, 3.8) is 0 Å². The summed E-state index contributed by atoms with van der Waals surface area (Å²) >= 11 is 4.25. The number of halogens is 2. The fraction of sp³-hybridized carbons (Fsp3) is 0.368. The van der Waals surface area contributed by atoms with E-state index in [2.05, 4.69) is 60.1 Å². The maximum absolute atomic E-state index is 13.4. The van der Waals surface area contributed by atoms with Crippen molar-refractivity contribution in [2.24, 2.45) is 0 Å². The zero-order chi connectivity index (χ0) is 22.3. The lowest BCUT2D eigenvalue weighted by atomic mass is 10.1. The number of rotatable bonds is 4. The molecular weight excluding hydrogens is 630 g/mol. The number of nitrogens with zero attached hydrogens (tertiary/aromatic N) is 5. The largest absolute Gasteiger partial charge is 0.497 e. The Kier molecular flexibility index (Phi) is 6.27. The third-order valence-corrected chi connectivity index (χ3v) is 7.96. The first kappa shape index (κ1) is 22.1. The number of aromatic amines is 1. The molecule has 10 nitrogen and oxygen atoms in total. The summed E-state index contributed by atoms with van der Waals surface area (Å²) in [5, 5.41) is 9.46. The highest BCUT2D eigenvalue weighted by Crippen LogP contribution is 2.27. The van der Waals surface area contributed by atoms with Crippen LogP contribution in [-0.2, 0) is 11.3 Å². The highest BCUT2D eigenvalue weighted by molar-refractivity contribution is 14.1. The monoisotopic (exact) mass is 650 g/mol. The van der Waals surface area contributed by atoms with E-state index in [0.717, 1.165) is 24.3 Å². The molecule has 3 heterocycles. The van der Waals surface area contributed by atoms with Crippen molar-refractivity contribution in [3.05, 3.63) is 37.2 Å². The first-order chi connectivity index (χ1) is 14.8. The number of methoxy groups -OCH3 is 1. The topological polar surface area (TPSA) is 117 Å². The molecule has 2 N–H and O–H groups in total. The van der Waals surface area contributed by atoms with Crippen molar-refractivity contribution in [2.45, 2.75) is 19.5 Å². The number of carbonyl (C=O) groups is 2. The Balaban J connectivity index is 1.65. The molecule has 1 saturated heterocycles. The van der Waals surface area contributed by atoms with Crippen molar-refractivity contribution in [2.75, 3.05) is 26.7 Å². The van der Waals surface area contributed by atoms with E-state index in [1.807, 2.05) is 29.7 Å². The van der Waals surface area contributed by atoms with Crippen molar-refractivity contribution in [1.29, 1.82) is 0 Å². The number of ether oxygens (including phenoxy) is 1. The fourth-order valence-electron chi connectivity index (χ4n) is 3.77. The molecule has 2 aromatic heterocycles. The molecule has 0 saturated carbocycles. The van der Waals surface area contributed by atoms with Crippen molar-refractivity contribution in [3.8, 4) is 5.75 Å². The number of amides is 2. The van der Waals surface area contributed by atoms with Crippen LogP contribution in [0.25, 0.3) is 11.0 Å². The number of fused-ring (bicyclic) bond motifs is 1. The van der Waals surface area contributed by atoms with E-state index in [4.69, 9.17) is 4.74 Å². The summed E-state index contributed by atoms with van der Waals surface area (Å²) in [6, 6.07) is 5.07. The Labute approximate surface area is 205 Å². The molecule has 0 radical (unpaired) electrons. The summed E-state index contributed by atoms with van der Waals surface area (Å²) in [4.78, 5) is 40.2. The highest BCUT2D eigenvalue weighted by Gasteiger charge is 2.36. The van der Waals surface area contributed by atoms with Gasteiger partial charge in [-0.25, -0.2) is 14.8 Å². The molecule has 3 aromatic rings. The van der Waals surface area contributed by atoms with Crippen LogP contribution in [0.2, 0.25) is 0 Å². The van der Waals surface area contributed by atoms with E-state index < -0.39 is 12.1 Å². The molecule has 4 rings (SSSR count). The number of piperazine rings is 1. The summed E-state index contributed by atoms with van der Waals surface area (Å²) < 4.78 is 8.82. The molecule has 31 heavy (non-hydrogen) atoms. The third kappa shape index (κ3) is 4.31. The smallest absolute Gasteiger partial charge is 0.407 e. The molecule has 0 unspecified atom stereocenters. The van der Waals surface area contributed by atoms with Gasteiger partial charge in [0.2, 0.25) is 5.91 Å². The lowest BCUT2D eigenvalue weighted by Crippen LogP contribution is -2.53. The number of hydrogen-bond donors (Lipinski definition) is 2. The molecule has 1 aliphatic rings. The Morgan fingerprint density at radius 2 is 2.06 bits per heavy atom. The molecule has 2 amide bonds. The van der Waals surface area contributed by atoms with Gasteiger partial charge >= 0.3 is 6.09 Å². The molecule has 0 spiro atoms. The second-order valence-electron chi connectivity index (χ2n) is 7.16. The van der Waals surface area contributed by atoms with Crippen LogP contribution in [0.15, 0.2) is 18.2 Å². The molecule has 1 atom stereocenters.